The normalized spacial score (nSPS) is 51.8. The largest absolute Gasteiger partial charge is 0.469 e. The van der Waals surface area contributed by atoms with Crippen LogP contribution >= 0.6 is 0 Å². The third-order valence-electron chi connectivity index (χ3n) is 13.1. The standard InChI is InChI=1S/C31H48O3/c1-19-11-16-31(26(33)34-8)18-17-29(6)21(25(31)20(19)2)9-10-23-28(5)14-13-24(32)27(3,4)22(28)12-15-30(23,29)7/h9,20,22-25,32H,1,10-18H2,2-8H3. The Hall–Kier alpha value is -1.09. The first-order valence-electron chi connectivity index (χ1n) is 13.9. The molecule has 9 unspecified atom stereocenters. The molecule has 0 bridgehead atoms. The summed E-state index contributed by atoms with van der Waals surface area (Å²) in [6, 6.07) is 0. The molecule has 5 rings (SSSR count). The van der Waals surface area contributed by atoms with Gasteiger partial charge in [-0.1, -0.05) is 65.3 Å². The van der Waals surface area contributed by atoms with E-state index in [0.29, 0.717) is 17.8 Å². The molecule has 3 nitrogen and oxygen atoms in total. The molecule has 0 aliphatic heterocycles. The molecule has 4 saturated carbocycles. The van der Waals surface area contributed by atoms with Gasteiger partial charge in [0.2, 0.25) is 0 Å². The predicted molar refractivity (Wildman–Crippen MR) is 137 cm³/mol. The lowest BCUT2D eigenvalue weighted by molar-refractivity contribution is -0.205. The van der Waals surface area contributed by atoms with Crippen molar-refractivity contribution >= 4 is 5.97 Å². The van der Waals surface area contributed by atoms with E-state index in [1.165, 1.54) is 18.4 Å². The van der Waals surface area contributed by atoms with Crippen LogP contribution in [0.3, 0.4) is 0 Å². The lowest BCUT2D eigenvalue weighted by atomic mass is 9.33. The van der Waals surface area contributed by atoms with Gasteiger partial charge >= 0.3 is 5.97 Å². The number of carbonyl (C=O) groups is 1. The molecule has 1 N–H and O–H groups in total. The Morgan fingerprint density at radius 2 is 1.74 bits per heavy atom. The zero-order chi connectivity index (χ0) is 24.9. The molecule has 4 fully saturated rings. The fourth-order valence-electron chi connectivity index (χ4n) is 10.8. The van der Waals surface area contributed by atoms with E-state index in [2.05, 4.69) is 54.2 Å². The smallest absolute Gasteiger partial charge is 0.312 e. The molecule has 0 heterocycles. The zero-order valence-corrected chi connectivity index (χ0v) is 22.8. The Morgan fingerprint density at radius 3 is 2.41 bits per heavy atom. The van der Waals surface area contributed by atoms with Crippen molar-refractivity contribution in [2.45, 2.75) is 105 Å². The lowest BCUT2D eigenvalue weighted by Crippen LogP contribution is -2.65. The van der Waals surface area contributed by atoms with Crippen LogP contribution in [0.15, 0.2) is 23.8 Å². The Morgan fingerprint density at radius 1 is 1.03 bits per heavy atom. The van der Waals surface area contributed by atoms with E-state index in [1.54, 1.807) is 12.7 Å². The fraction of sp³-hybridized carbons (Fsp3) is 0.839. The minimum atomic E-state index is -0.387. The summed E-state index contributed by atoms with van der Waals surface area (Å²) in [6.07, 6.45) is 11.8. The minimum Gasteiger partial charge on any atom is -0.469 e. The van der Waals surface area contributed by atoms with Crippen molar-refractivity contribution in [3.05, 3.63) is 23.8 Å². The van der Waals surface area contributed by atoms with Crippen molar-refractivity contribution in [1.29, 1.82) is 0 Å². The first-order valence-corrected chi connectivity index (χ1v) is 13.9. The second kappa shape index (κ2) is 7.46. The van der Waals surface area contributed by atoms with Gasteiger partial charge in [0.1, 0.15) is 0 Å². The predicted octanol–water partition coefficient (Wildman–Crippen LogP) is 7.10. The molecule has 0 aromatic heterocycles. The van der Waals surface area contributed by atoms with E-state index >= 15 is 0 Å². The summed E-state index contributed by atoms with van der Waals surface area (Å²) in [6.45, 7) is 19.1. The van der Waals surface area contributed by atoms with Crippen LogP contribution in [0.1, 0.15) is 99.3 Å². The van der Waals surface area contributed by atoms with E-state index < -0.39 is 0 Å². The Balaban J connectivity index is 1.62. The number of aliphatic hydroxyl groups excluding tert-OH is 1. The molecule has 0 spiro atoms. The number of ether oxygens (including phenoxy) is 1. The number of aliphatic hydroxyl groups is 1. The number of fused-ring (bicyclic) bond motifs is 7. The van der Waals surface area contributed by atoms with E-state index in [-0.39, 0.29) is 45.1 Å². The van der Waals surface area contributed by atoms with Crippen LogP contribution in [0.5, 0.6) is 0 Å². The SMILES string of the molecule is C=C1CCC2(C(=O)OC)CCC3(C)C(=CCC4C5(C)CCC(O)C(C)(C)C5CCC43C)C2C1C. The highest BCUT2D eigenvalue weighted by atomic mass is 16.5. The average molecular weight is 469 g/mol. The van der Waals surface area contributed by atoms with Gasteiger partial charge in [-0.15, -0.1) is 0 Å². The topological polar surface area (TPSA) is 46.5 Å². The monoisotopic (exact) mass is 468 g/mol. The van der Waals surface area contributed by atoms with E-state index in [1.807, 2.05) is 0 Å². The highest BCUT2D eigenvalue weighted by molar-refractivity contribution is 5.79. The van der Waals surface area contributed by atoms with Gasteiger partial charge in [0.15, 0.2) is 0 Å². The first-order chi connectivity index (χ1) is 15.8. The van der Waals surface area contributed by atoms with Crippen molar-refractivity contribution in [2.75, 3.05) is 7.11 Å². The molecule has 0 radical (unpaired) electrons. The first kappa shape index (κ1) is 24.6. The van der Waals surface area contributed by atoms with E-state index in [0.717, 1.165) is 44.9 Å². The van der Waals surface area contributed by atoms with Crippen LogP contribution in [0, 0.1) is 50.7 Å². The Kier molecular flexibility index (Phi) is 5.40. The van der Waals surface area contributed by atoms with Crippen LogP contribution in [-0.4, -0.2) is 24.3 Å². The average Bonchev–Trinajstić information content (AvgIpc) is 2.79. The van der Waals surface area contributed by atoms with Crippen LogP contribution in [0.4, 0.5) is 0 Å². The van der Waals surface area contributed by atoms with Gasteiger partial charge in [0.05, 0.1) is 18.6 Å². The second-order valence-electron chi connectivity index (χ2n) is 14.2. The number of hydrogen-bond donors (Lipinski definition) is 1. The van der Waals surface area contributed by atoms with Gasteiger partial charge < -0.3 is 9.84 Å². The number of allylic oxidation sites excluding steroid dienone is 3. The van der Waals surface area contributed by atoms with Crippen LogP contribution in [-0.2, 0) is 9.53 Å². The molecule has 0 aromatic rings. The molecule has 3 heteroatoms. The summed E-state index contributed by atoms with van der Waals surface area (Å²) in [5.41, 5.74) is 3.00. The molecule has 34 heavy (non-hydrogen) atoms. The molecular weight excluding hydrogens is 420 g/mol. The van der Waals surface area contributed by atoms with Gasteiger partial charge in [-0.3, -0.25) is 4.79 Å². The van der Waals surface area contributed by atoms with E-state index in [4.69, 9.17) is 4.74 Å². The number of carbonyl (C=O) groups excluding carboxylic acids is 1. The molecule has 0 saturated heterocycles. The summed E-state index contributed by atoms with van der Waals surface area (Å²) in [4.78, 5) is 13.4. The summed E-state index contributed by atoms with van der Waals surface area (Å²) in [5, 5.41) is 10.9. The van der Waals surface area contributed by atoms with Crippen molar-refractivity contribution < 1.29 is 14.6 Å². The molecule has 5 aliphatic carbocycles. The quantitative estimate of drug-likeness (QED) is 0.330. The minimum absolute atomic E-state index is 0.00534. The lowest BCUT2D eigenvalue weighted by Gasteiger charge is -2.71. The Labute approximate surface area is 207 Å². The summed E-state index contributed by atoms with van der Waals surface area (Å²) in [5.74, 6) is 1.71. The van der Waals surface area contributed by atoms with Crippen molar-refractivity contribution in [2.24, 2.45) is 50.7 Å². The maximum absolute atomic E-state index is 13.4. The summed E-state index contributed by atoms with van der Waals surface area (Å²) < 4.78 is 5.48. The summed E-state index contributed by atoms with van der Waals surface area (Å²) >= 11 is 0. The number of hydrogen-bond acceptors (Lipinski definition) is 3. The highest BCUT2D eigenvalue weighted by Crippen LogP contribution is 2.75. The van der Waals surface area contributed by atoms with E-state index in [9.17, 15) is 9.90 Å². The van der Waals surface area contributed by atoms with Gasteiger partial charge in [0, 0.05) is 5.92 Å². The maximum atomic E-state index is 13.4. The molecular formula is C31H48O3. The summed E-state index contributed by atoms with van der Waals surface area (Å²) in [7, 11) is 1.57. The molecule has 9 atom stereocenters. The Bertz CT molecular complexity index is 931. The van der Waals surface area contributed by atoms with Gasteiger partial charge in [-0.25, -0.2) is 0 Å². The van der Waals surface area contributed by atoms with Crippen LogP contribution in [0.25, 0.3) is 0 Å². The third-order valence-corrected chi connectivity index (χ3v) is 13.1. The molecule has 0 aromatic carbocycles. The maximum Gasteiger partial charge on any atom is 0.312 e. The fourth-order valence-corrected chi connectivity index (χ4v) is 10.8. The zero-order valence-electron chi connectivity index (χ0n) is 22.8. The van der Waals surface area contributed by atoms with Crippen LogP contribution < -0.4 is 0 Å². The van der Waals surface area contributed by atoms with Gasteiger partial charge in [0.25, 0.3) is 0 Å². The van der Waals surface area contributed by atoms with Crippen molar-refractivity contribution in [1.82, 2.24) is 0 Å². The molecule has 0 amide bonds. The second-order valence-corrected chi connectivity index (χ2v) is 14.2. The third kappa shape index (κ3) is 2.77. The van der Waals surface area contributed by atoms with Gasteiger partial charge in [-0.2, -0.15) is 0 Å². The van der Waals surface area contributed by atoms with Crippen LogP contribution in [0.2, 0.25) is 0 Å². The van der Waals surface area contributed by atoms with Gasteiger partial charge in [-0.05, 0) is 97.2 Å². The molecule has 190 valence electrons. The number of rotatable bonds is 1. The highest BCUT2D eigenvalue weighted by Gasteiger charge is 2.69. The number of methoxy groups -OCH3 is 1. The van der Waals surface area contributed by atoms with Crippen molar-refractivity contribution in [3.8, 4) is 0 Å². The van der Waals surface area contributed by atoms with Crippen molar-refractivity contribution in [3.63, 3.8) is 0 Å². The number of esters is 1. The molecule has 5 aliphatic rings.